The van der Waals surface area contributed by atoms with E-state index in [1.807, 2.05) is 0 Å². The molecule has 0 bridgehead atoms. The molecule has 1 saturated heterocycles. The van der Waals surface area contributed by atoms with E-state index in [0.29, 0.717) is 4.31 Å². The molecule has 4 rings (SSSR count). The van der Waals surface area contributed by atoms with Crippen LogP contribution in [0.4, 0.5) is 0 Å². The summed E-state index contributed by atoms with van der Waals surface area (Å²) < 4.78 is 0.426. The van der Waals surface area contributed by atoms with Gasteiger partial charge in [-0.2, -0.15) is 0 Å². The van der Waals surface area contributed by atoms with Crippen LogP contribution in [0.3, 0.4) is 0 Å². The number of hydrogen-bond acceptors (Lipinski definition) is 0. The third kappa shape index (κ3) is 1.38. The van der Waals surface area contributed by atoms with E-state index in [1.54, 1.807) is 16.7 Å². The van der Waals surface area contributed by atoms with Crippen LogP contribution in [0.1, 0.15) is 28.7 Å². The zero-order valence-electron chi connectivity index (χ0n) is 10.5. The van der Waals surface area contributed by atoms with Gasteiger partial charge in [-0.15, -0.1) is 0 Å². The first-order chi connectivity index (χ1) is 8.80. The van der Waals surface area contributed by atoms with Crippen LogP contribution in [0.25, 0.3) is 0 Å². The van der Waals surface area contributed by atoms with Gasteiger partial charge in [0.15, 0.2) is 0 Å². The van der Waals surface area contributed by atoms with Gasteiger partial charge in [-0.3, -0.25) is 0 Å². The number of rotatable bonds is 1. The maximum absolute atomic E-state index is 2.37. The van der Waals surface area contributed by atoms with E-state index in [-0.39, 0.29) is 0 Å². The van der Waals surface area contributed by atoms with Gasteiger partial charge in [0, 0.05) is 0 Å². The maximum atomic E-state index is 2.37. The molecule has 1 aliphatic heterocycles. The molecule has 0 N–H and O–H groups in total. The summed E-state index contributed by atoms with van der Waals surface area (Å²) in [5, 5.41) is 0. The molecular formula is C17H16Se. The fraction of sp³-hybridized carbons (Fsp3) is 0.294. The van der Waals surface area contributed by atoms with Crippen LogP contribution >= 0.6 is 0 Å². The Balaban J connectivity index is 1.89. The molecule has 0 spiro atoms. The zero-order chi connectivity index (χ0) is 12.2. The number of benzene rings is 2. The zero-order valence-corrected chi connectivity index (χ0v) is 12.2. The Hall–Kier alpha value is -1.04. The molecule has 2 aliphatic rings. The normalized spacial score (nSPS) is 28.4. The molecule has 0 amide bonds. The van der Waals surface area contributed by atoms with Gasteiger partial charge in [0.05, 0.1) is 0 Å². The average molecular weight is 299 g/mol. The Morgan fingerprint density at radius 3 is 2.67 bits per heavy atom. The minimum absolute atomic E-state index is 0.426. The van der Waals surface area contributed by atoms with Gasteiger partial charge in [0.1, 0.15) is 0 Å². The summed E-state index contributed by atoms with van der Waals surface area (Å²) in [5.74, 6) is 0. The molecule has 1 heterocycles. The van der Waals surface area contributed by atoms with Crippen LogP contribution in [0.15, 0.2) is 48.5 Å². The molecular weight excluding hydrogens is 283 g/mol. The molecule has 0 saturated carbocycles. The second kappa shape index (κ2) is 3.73. The van der Waals surface area contributed by atoms with Crippen LogP contribution in [0.5, 0.6) is 0 Å². The predicted molar refractivity (Wildman–Crippen MR) is 76.2 cm³/mol. The number of hydrogen-bond donors (Lipinski definition) is 0. The molecule has 90 valence electrons. The molecule has 2 atom stereocenters. The molecule has 0 radical (unpaired) electrons. The van der Waals surface area contributed by atoms with E-state index in [1.165, 1.54) is 18.4 Å². The molecule has 2 aromatic carbocycles. The van der Waals surface area contributed by atoms with Gasteiger partial charge < -0.3 is 0 Å². The van der Waals surface area contributed by atoms with Crippen molar-refractivity contribution in [3.05, 3.63) is 70.8 Å². The number of fused-ring (bicyclic) bond motifs is 3. The standard InChI is InChI=1S/C17H16Se/c1-12-6-9-14(10-7-12)17-15-5-3-2-4-13(15)8-11-16(17)18-17/h2-7,9-10,16H,8,11H2,1H3. The fourth-order valence-corrected chi connectivity index (χ4v) is 6.64. The molecule has 1 heteroatoms. The Kier molecular flexibility index (Phi) is 2.24. The third-order valence-corrected chi connectivity index (χ3v) is 7.93. The van der Waals surface area contributed by atoms with Gasteiger partial charge in [-0.25, -0.2) is 0 Å². The van der Waals surface area contributed by atoms with Crippen molar-refractivity contribution in [2.24, 2.45) is 0 Å². The van der Waals surface area contributed by atoms with Crippen LogP contribution in [0.2, 0.25) is 4.82 Å². The summed E-state index contributed by atoms with van der Waals surface area (Å²) in [5.41, 5.74) is 6.15. The third-order valence-electron chi connectivity index (χ3n) is 4.30. The summed E-state index contributed by atoms with van der Waals surface area (Å²) in [4.78, 5) is 0.947. The van der Waals surface area contributed by atoms with Gasteiger partial charge >= 0.3 is 115 Å². The summed E-state index contributed by atoms with van der Waals surface area (Å²) in [6, 6.07) is 18.4. The van der Waals surface area contributed by atoms with E-state index in [0.717, 1.165) is 19.8 Å². The first-order valence-electron chi connectivity index (χ1n) is 6.64. The van der Waals surface area contributed by atoms with Crippen LogP contribution in [-0.2, 0) is 10.7 Å². The summed E-state index contributed by atoms with van der Waals surface area (Å²) in [6.07, 6.45) is 2.68. The minimum atomic E-state index is 0.426. The summed E-state index contributed by atoms with van der Waals surface area (Å²) in [6.45, 7) is 2.17. The topological polar surface area (TPSA) is 0 Å². The van der Waals surface area contributed by atoms with Crippen LogP contribution in [-0.4, -0.2) is 15.0 Å². The van der Waals surface area contributed by atoms with Crippen molar-refractivity contribution in [1.29, 1.82) is 0 Å². The monoisotopic (exact) mass is 300 g/mol. The first kappa shape index (κ1) is 10.8. The fourth-order valence-electron chi connectivity index (χ4n) is 3.29. The molecule has 2 unspecified atom stereocenters. The van der Waals surface area contributed by atoms with Crippen molar-refractivity contribution in [2.75, 3.05) is 0 Å². The van der Waals surface area contributed by atoms with Crippen molar-refractivity contribution in [2.45, 2.75) is 28.9 Å². The molecule has 2 aromatic rings. The van der Waals surface area contributed by atoms with E-state index >= 15 is 0 Å². The quantitative estimate of drug-likeness (QED) is 0.705. The Morgan fingerprint density at radius 1 is 1.06 bits per heavy atom. The molecule has 1 fully saturated rings. The van der Waals surface area contributed by atoms with Crippen molar-refractivity contribution in [3.8, 4) is 0 Å². The van der Waals surface area contributed by atoms with Crippen molar-refractivity contribution >= 4 is 15.0 Å². The Bertz CT molecular complexity index is 599. The van der Waals surface area contributed by atoms with E-state index < -0.39 is 0 Å². The Labute approximate surface area is 115 Å². The molecule has 1 aliphatic carbocycles. The van der Waals surface area contributed by atoms with Gasteiger partial charge in [0.2, 0.25) is 0 Å². The molecule has 0 nitrogen and oxygen atoms in total. The second-order valence-corrected chi connectivity index (χ2v) is 8.44. The van der Waals surface area contributed by atoms with Crippen molar-refractivity contribution in [3.63, 3.8) is 0 Å². The molecule has 0 aromatic heterocycles. The van der Waals surface area contributed by atoms with Gasteiger partial charge in [-0.05, 0) is 0 Å². The average Bonchev–Trinajstić information content (AvgIpc) is 3.15. The van der Waals surface area contributed by atoms with Crippen molar-refractivity contribution < 1.29 is 0 Å². The van der Waals surface area contributed by atoms with Crippen molar-refractivity contribution in [1.82, 2.24) is 0 Å². The van der Waals surface area contributed by atoms with Gasteiger partial charge in [-0.1, -0.05) is 0 Å². The Morgan fingerprint density at radius 2 is 1.83 bits per heavy atom. The number of aryl methyl sites for hydroxylation is 2. The van der Waals surface area contributed by atoms with Crippen LogP contribution < -0.4 is 0 Å². The predicted octanol–water partition coefficient (Wildman–Crippen LogP) is 3.69. The van der Waals surface area contributed by atoms with E-state index in [4.69, 9.17) is 0 Å². The summed E-state index contributed by atoms with van der Waals surface area (Å²) in [7, 11) is 0. The SMILES string of the molecule is Cc1ccc(C23[Se]C2CCc2ccccc23)cc1. The summed E-state index contributed by atoms with van der Waals surface area (Å²) >= 11 is 0.759. The van der Waals surface area contributed by atoms with E-state index in [2.05, 4.69) is 55.5 Å². The molecule has 18 heavy (non-hydrogen) atoms. The van der Waals surface area contributed by atoms with E-state index in [9.17, 15) is 0 Å². The first-order valence-corrected chi connectivity index (χ1v) is 8.48. The second-order valence-electron chi connectivity index (χ2n) is 5.40. The van der Waals surface area contributed by atoms with Gasteiger partial charge in [0.25, 0.3) is 0 Å². The van der Waals surface area contributed by atoms with Crippen LogP contribution in [0, 0.1) is 6.92 Å².